The zero-order valence-electron chi connectivity index (χ0n) is 16.8. The topological polar surface area (TPSA) is 49.9 Å². The number of aldehydes is 1. The predicted octanol–water partition coefficient (Wildman–Crippen LogP) is 4.35. The number of rotatable bonds is 6. The number of amides is 1. The molecule has 0 radical (unpaired) electrons. The Morgan fingerprint density at radius 2 is 1.77 bits per heavy atom. The predicted molar refractivity (Wildman–Crippen MR) is 130 cm³/mol. The molecule has 160 valence electrons. The number of carbonyl (C=O) groups is 2. The van der Waals surface area contributed by atoms with Gasteiger partial charge in [0.15, 0.2) is 6.61 Å². The Labute approximate surface area is 203 Å². The molecule has 0 N–H and O–H groups in total. The molecule has 1 fully saturated rings. The molecule has 0 bridgehead atoms. The molecule has 2 atom stereocenters. The van der Waals surface area contributed by atoms with Gasteiger partial charge in [0.05, 0.1) is 7.14 Å². The monoisotopic (exact) mass is 636 g/mol. The molecular formula is C22H23FI2N2O3. The summed E-state index contributed by atoms with van der Waals surface area (Å²) in [5, 5.41) is 0. The van der Waals surface area contributed by atoms with E-state index in [4.69, 9.17) is 4.74 Å². The van der Waals surface area contributed by atoms with Crippen molar-refractivity contribution in [3.8, 4) is 5.75 Å². The van der Waals surface area contributed by atoms with Gasteiger partial charge < -0.3 is 9.64 Å². The summed E-state index contributed by atoms with van der Waals surface area (Å²) in [4.78, 5) is 28.0. The molecule has 1 aliphatic rings. The van der Waals surface area contributed by atoms with Crippen LogP contribution in [0.1, 0.15) is 29.8 Å². The van der Waals surface area contributed by atoms with E-state index in [9.17, 15) is 14.0 Å². The van der Waals surface area contributed by atoms with Crippen LogP contribution in [-0.4, -0.2) is 53.8 Å². The third kappa shape index (κ3) is 5.70. The third-order valence-electron chi connectivity index (χ3n) is 5.23. The summed E-state index contributed by atoms with van der Waals surface area (Å²) in [6.45, 7) is 6.18. The number of ether oxygens (including phenoxy) is 1. The van der Waals surface area contributed by atoms with Crippen LogP contribution in [0.15, 0.2) is 36.4 Å². The van der Waals surface area contributed by atoms with E-state index in [-0.39, 0.29) is 30.4 Å². The van der Waals surface area contributed by atoms with Crippen molar-refractivity contribution in [2.75, 3.05) is 19.7 Å². The van der Waals surface area contributed by atoms with Crippen molar-refractivity contribution in [1.29, 1.82) is 0 Å². The van der Waals surface area contributed by atoms with Crippen LogP contribution in [-0.2, 0) is 11.3 Å². The van der Waals surface area contributed by atoms with Gasteiger partial charge in [-0.25, -0.2) is 4.39 Å². The minimum Gasteiger partial charge on any atom is -0.482 e. The molecule has 1 saturated heterocycles. The zero-order valence-corrected chi connectivity index (χ0v) is 21.1. The lowest BCUT2D eigenvalue weighted by Gasteiger charge is -2.44. The van der Waals surface area contributed by atoms with Crippen molar-refractivity contribution in [2.24, 2.45) is 0 Å². The third-order valence-corrected chi connectivity index (χ3v) is 6.83. The summed E-state index contributed by atoms with van der Waals surface area (Å²) in [5.74, 6) is 0.341. The molecular weight excluding hydrogens is 613 g/mol. The fourth-order valence-corrected chi connectivity index (χ4v) is 5.72. The summed E-state index contributed by atoms with van der Waals surface area (Å²) in [6, 6.07) is 10.3. The van der Waals surface area contributed by atoms with Crippen LogP contribution in [0.4, 0.5) is 4.39 Å². The van der Waals surface area contributed by atoms with Gasteiger partial charge in [-0.15, -0.1) is 0 Å². The molecule has 0 saturated carbocycles. The fourth-order valence-electron chi connectivity index (χ4n) is 3.59. The highest BCUT2D eigenvalue weighted by Gasteiger charge is 2.32. The van der Waals surface area contributed by atoms with E-state index in [1.807, 2.05) is 11.8 Å². The molecule has 3 rings (SSSR count). The lowest BCUT2D eigenvalue weighted by Crippen LogP contribution is -2.58. The smallest absolute Gasteiger partial charge is 0.260 e. The van der Waals surface area contributed by atoms with Gasteiger partial charge in [-0.3, -0.25) is 14.5 Å². The standard InChI is InChI=1S/C22H23FI2N2O3/c1-14-10-27(15(2)9-26(14)11-16-3-5-18(23)6-4-16)21(29)13-30-22-19(24)7-17(12-28)8-20(22)25/h3-8,12,14-15H,9-11,13H2,1-2H3. The molecule has 2 aromatic rings. The fraction of sp³-hybridized carbons (Fsp3) is 0.364. The number of halogens is 3. The van der Waals surface area contributed by atoms with Crippen molar-refractivity contribution in [3.63, 3.8) is 0 Å². The first-order valence-corrected chi connectivity index (χ1v) is 11.8. The van der Waals surface area contributed by atoms with Crippen molar-refractivity contribution in [2.45, 2.75) is 32.5 Å². The van der Waals surface area contributed by atoms with Crippen molar-refractivity contribution < 1.29 is 18.7 Å². The molecule has 5 nitrogen and oxygen atoms in total. The Hall–Kier alpha value is -1.27. The highest BCUT2D eigenvalue weighted by molar-refractivity contribution is 14.1. The van der Waals surface area contributed by atoms with Crippen molar-refractivity contribution in [1.82, 2.24) is 9.80 Å². The molecule has 2 unspecified atom stereocenters. The lowest BCUT2D eigenvalue weighted by molar-refractivity contribution is -0.139. The molecule has 1 aliphatic heterocycles. The van der Waals surface area contributed by atoms with E-state index in [2.05, 4.69) is 57.0 Å². The van der Waals surface area contributed by atoms with Gasteiger partial charge in [-0.05, 0) is 88.9 Å². The first-order valence-electron chi connectivity index (χ1n) is 9.63. The zero-order chi connectivity index (χ0) is 21.8. The Bertz CT molecular complexity index is 900. The summed E-state index contributed by atoms with van der Waals surface area (Å²) in [7, 11) is 0. The number of carbonyl (C=O) groups excluding carboxylic acids is 2. The SMILES string of the molecule is CC1CN(C(=O)COc2c(I)cc(C=O)cc2I)C(C)CN1Cc1ccc(F)cc1. The van der Waals surface area contributed by atoms with Gasteiger partial charge in [-0.1, -0.05) is 12.1 Å². The Balaban J connectivity index is 1.60. The van der Waals surface area contributed by atoms with Gasteiger partial charge >= 0.3 is 0 Å². The van der Waals surface area contributed by atoms with Crippen molar-refractivity contribution >= 4 is 57.4 Å². The van der Waals surface area contributed by atoms with Gasteiger partial charge in [0.2, 0.25) is 0 Å². The lowest BCUT2D eigenvalue weighted by atomic mass is 10.1. The minimum absolute atomic E-state index is 0.0402. The van der Waals surface area contributed by atoms with E-state index in [1.165, 1.54) is 12.1 Å². The van der Waals surface area contributed by atoms with E-state index in [1.54, 1.807) is 24.3 Å². The maximum atomic E-state index is 13.1. The van der Waals surface area contributed by atoms with E-state index >= 15 is 0 Å². The van der Waals surface area contributed by atoms with Crippen LogP contribution in [0.3, 0.4) is 0 Å². The average Bonchev–Trinajstić information content (AvgIpc) is 2.71. The quantitative estimate of drug-likeness (QED) is 0.350. The summed E-state index contributed by atoms with van der Waals surface area (Å²) in [5.41, 5.74) is 1.64. The molecule has 1 heterocycles. The second-order valence-electron chi connectivity index (χ2n) is 7.52. The van der Waals surface area contributed by atoms with Gasteiger partial charge in [0, 0.05) is 37.3 Å². The van der Waals surface area contributed by atoms with Crippen LogP contribution < -0.4 is 4.74 Å². The van der Waals surface area contributed by atoms with Crippen LogP contribution in [0.25, 0.3) is 0 Å². The van der Waals surface area contributed by atoms with E-state index in [0.29, 0.717) is 17.9 Å². The average molecular weight is 636 g/mol. The second kappa shape index (κ2) is 10.4. The Kier molecular flexibility index (Phi) is 8.08. The molecule has 2 aromatic carbocycles. The van der Waals surface area contributed by atoms with Crippen LogP contribution in [0, 0.1) is 13.0 Å². The van der Waals surface area contributed by atoms with Crippen molar-refractivity contribution in [3.05, 3.63) is 60.5 Å². The first-order chi connectivity index (χ1) is 14.3. The van der Waals surface area contributed by atoms with Crippen LogP contribution in [0.5, 0.6) is 5.75 Å². The van der Waals surface area contributed by atoms with Gasteiger partial charge in [-0.2, -0.15) is 0 Å². The molecule has 0 spiro atoms. The maximum Gasteiger partial charge on any atom is 0.260 e. The second-order valence-corrected chi connectivity index (χ2v) is 9.84. The molecule has 1 amide bonds. The van der Waals surface area contributed by atoms with E-state index < -0.39 is 0 Å². The molecule has 0 aliphatic carbocycles. The number of hydrogen-bond acceptors (Lipinski definition) is 4. The summed E-state index contributed by atoms with van der Waals surface area (Å²) < 4.78 is 20.6. The van der Waals surface area contributed by atoms with E-state index in [0.717, 1.165) is 32.1 Å². The van der Waals surface area contributed by atoms with Gasteiger partial charge in [0.25, 0.3) is 5.91 Å². The summed E-state index contributed by atoms with van der Waals surface area (Å²) >= 11 is 4.23. The van der Waals surface area contributed by atoms with Crippen LogP contribution >= 0.6 is 45.2 Å². The first kappa shape index (κ1) is 23.4. The highest BCUT2D eigenvalue weighted by atomic mass is 127. The Morgan fingerprint density at radius 1 is 1.13 bits per heavy atom. The largest absolute Gasteiger partial charge is 0.482 e. The molecule has 8 heteroatoms. The molecule has 0 aromatic heterocycles. The molecule has 30 heavy (non-hydrogen) atoms. The summed E-state index contributed by atoms with van der Waals surface area (Å²) in [6.07, 6.45) is 0.799. The minimum atomic E-state index is -0.235. The number of benzene rings is 2. The van der Waals surface area contributed by atoms with Crippen LogP contribution in [0.2, 0.25) is 0 Å². The van der Waals surface area contributed by atoms with Gasteiger partial charge in [0.1, 0.15) is 17.9 Å². The Morgan fingerprint density at radius 3 is 2.37 bits per heavy atom. The number of hydrogen-bond donors (Lipinski definition) is 0. The highest BCUT2D eigenvalue weighted by Crippen LogP contribution is 2.29. The normalized spacial score (nSPS) is 19.6. The number of piperazine rings is 1. The number of nitrogens with zero attached hydrogens (tertiary/aromatic N) is 2. The maximum absolute atomic E-state index is 13.1.